The van der Waals surface area contributed by atoms with Gasteiger partial charge in [0.15, 0.2) is 5.69 Å². The Hall–Kier alpha value is -3.24. The molecule has 3 aromatic rings. The average molecular weight is 450 g/mol. The molecule has 0 aliphatic rings. The van der Waals surface area contributed by atoms with Gasteiger partial charge in [0.05, 0.1) is 24.3 Å². The number of rotatable bonds is 5. The van der Waals surface area contributed by atoms with Crippen molar-refractivity contribution in [2.45, 2.75) is 13.8 Å². The summed E-state index contributed by atoms with van der Waals surface area (Å²) in [4.78, 5) is 49.4. The minimum atomic E-state index is -1.09. The zero-order valence-corrected chi connectivity index (χ0v) is 17.5. The van der Waals surface area contributed by atoms with Crippen molar-refractivity contribution < 1.29 is 23.9 Å². The van der Waals surface area contributed by atoms with Crippen molar-refractivity contribution in [1.29, 1.82) is 0 Å². The minimum Gasteiger partial charge on any atom is -0.461 e. The molecule has 0 saturated heterocycles. The first-order valence-electron chi connectivity index (χ1n) is 8.83. The normalized spacial score (nSPS) is 10.6. The van der Waals surface area contributed by atoms with Crippen molar-refractivity contribution in [2.75, 3.05) is 18.5 Å². The van der Waals surface area contributed by atoms with Crippen LogP contribution in [-0.2, 0) is 19.1 Å². The molecule has 0 aliphatic carbocycles. The number of hydrogen-bond acceptors (Lipinski definition) is 8. The molecule has 2 aromatic heterocycles. The van der Waals surface area contributed by atoms with Gasteiger partial charge in [-0.3, -0.25) is 9.59 Å². The highest BCUT2D eigenvalue weighted by molar-refractivity contribution is 7.16. The van der Waals surface area contributed by atoms with Crippen LogP contribution in [0, 0.1) is 0 Å². The number of nitrogens with zero attached hydrogens (tertiary/aromatic N) is 2. The number of aromatic nitrogens is 2. The van der Waals surface area contributed by atoms with Crippen LogP contribution in [0.15, 0.2) is 34.4 Å². The highest BCUT2D eigenvalue weighted by Crippen LogP contribution is 2.30. The molecule has 9 nitrogen and oxygen atoms in total. The Balaban J connectivity index is 2.22. The number of amides is 1. The van der Waals surface area contributed by atoms with Gasteiger partial charge in [0.1, 0.15) is 5.00 Å². The smallest absolute Gasteiger partial charge is 0.397 e. The molecule has 0 aliphatic heterocycles. The molecule has 1 N–H and O–H groups in total. The Labute approximate surface area is 179 Å². The first-order valence-corrected chi connectivity index (χ1v) is 10.1. The fraction of sp³-hybridized carbons (Fsp3) is 0.211. The van der Waals surface area contributed by atoms with Crippen LogP contribution in [0.25, 0.3) is 16.5 Å². The van der Waals surface area contributed by atoms with E-state index in [1.165, 1.54) is 11.4 Å². The van der Waals surface area contributed by atoms with E-state index >= 15 is 0 Å². The van der Waals surface area contributed by atoms with Crippen LogP contribution in [0.3, 0.4) is 0 Å². The van der Waals surface area contributed by atoms with Crippen LogP contribution in [0.4, 0.5) is 5.00 Å². The van der Waals surface area contributed by atoms with Crippen molar-refractivity contribution in [3.8, 4) is 5.69 Å². The Bertz CT molecular complexity index is 1200. The predicted octanol–water partition coefficient (Wildman–Crippen LogP) is 2.78. The van der Waals surface area contributed by atoms with Gasteiger partial charge in [-0.25, -0.2) is 9.59 Å². The lowest BCUT2D eigenvalue weighted by molar-refractivity contribution is -0.152. The summed E-state index contributed by atoms with van der Waals surface area (Å²) in [6.45, 7) is 3.33. The summed E-state index contributed by atoms with van der Waals surface area (Å²) in [5.41, 5.74) is -0.408. The third kappa shape index (κ3) is 4.19. The number of carbonyl (C=O) groups is 3. The highest BCUT2D eigenvalue weighted by atomic mass is 35.5. The van der Waals surface area contributed by atoms with Crippen molar-refractivity contribution in [3.63, 3.8) is 0 Å². The van der Waals surface area contributed by atoms with Crippen molar-refractivity contribution in [2.24, 2.45) is 0 Å². The largest absolute Gasteiger partial charge is 0.461 e. The van der Waals surface area contributed by atoms with Crippen LogP contribution in [0.5, 0.6) is 0 Å². The van der Waals surface area contributed by atoms with Gasteiger partial charge in [0.25, 0.3) is 5.56 Å². The average Bonchev–Trinajstić information content (AvgIpc) is 3.12. The van der Waals surface area contributed by atoms with Gasteiger partial charge < -0.3 is 14.8 Å². The number of hydrogen-bond donors (Lipinski definition) is 1. The maximum absolute atomic E-state index is 13.2. The molecule has 0 atom stereocenters. The number of benzene rings is 1. The molecule has 30 heavy (non-hydrogen) atoms. The molecule has 1 aromatic carbocycles. The molecule has 0 unspecified atom stereocenters. The van der Waals surface area contributed by atoms with E-state index in [2.05, 4.69) is 15.2 Å². The van der Waals surface area contributed by atoms with E-state index in [9.17, 15) is 19.2 Å². The fourth-order valence-corrected chi connectivity index (χ4v) is 3.74. The molecular formula is C19H16ClN3O6S. The summed E-state index contributed by atoms with van der Waals surface area (Å²) in [5.74, 6) is -2.86. The number of ether oxygens (including phenoxy) is 2. The summed E-state index contributed by atoms with van der Waals surface area (Å²) in [6, 6.07) is 6.33. The van der Waals surface area contributed by atoms with Gasteiger partial charge in [-0.05, 0) is 32.0 Å². The lowest BCUT2D eigenvalue weighted by atomic mass is 10.2. The van der Waals surface area contributed by atoms with Crippen molar-refractivity contribution in [3.05, 3.63) is 50.7 Å². The Morgan fingerprint density at radius 1 is 1.20 bits per heavy atom. The quantitative estimate of drug-likeness (QED) is 0.470. The summed E-state index contributed by atoms with van der Waals surface area (Å²) in [6.07, 6.45) is 0. The van der Waals surface area contributed by atoms with E-state index in [1.807, 2.05) is 0 Å². The number of halogens is 1. The molecule has 0 radical (unpaired) electrons. The van der Waals surface area contributed by atoms with E-state index in [1.54, 1.807) is 32.0 Å². The maximum atomic E-state index is 13.2. The lowest BCUT2D eigenvalue weighted by Gasteiger charge is -2.10. The Morgan fingerprint density at radius 2 is 1.93 bits per heavy atom. The highest BCUT2D eigenvalue weighted by Gasteiger charge is 2.24. The number of esters is 2. The van der Waals surface area contributed by atoms with Crippen LogP contribution in [0.1, 0.15) is 24.3 Å². The second-order valence-corrected chi connectivity index (χ2v) is 7.11. The van der Waals surface area contributed by atoms with E-state index in [0.717, 1.165) is 16.0 Å². The summed E-state index contributed by atoms with van der Waals surface area (Å²) < 4.78 is 10.7. The van der Waals surface area contributed by atoms with Crippen molar-refractivity contribution >= 4 is 56.6 Å². The molecule has 0 fully saturated rings. The topological polar surface area (TPSA) is 117 Å². The minimum absolute atomic E-state index is 0.00989. The van der Waals surface area contributed by atoms with Gasteiger partial charge in [0, 0.05) is 15.8 Å². The summed E-state index contributed by atoms with van der Waals surface area (Å²) in [7, 11) is 0. The number of anilines is 1. The van der Waals surface area contributed by atoms with Crippen LogP contribution in [0.2, 0.25) is 5.02 Å². The monoisotopic (exact) mass is 449 g/mol. The molecule has 0 bridgehead atoms. The first kappa shape index (κ1) is 21.5. The third-order valence-electron chi connectivity index (χ3n) is 3.86. The van der Waals surface area contributed by atoms with Crippen LogP contribution in [-0.4, -0.2) is 40.8 Å². The molecule has 1 amide bonds. The SMILES string of the molecule is CCOC(=O)C(=O)Nc1scc2c(C(=O)OCC)nn(-c3cccc(Cl)c3)c(=O)c12. The van der Waals surface area contributed by atoms with Crippen LogP contribution >= 0.6 is 22.9 Å². The van der Waals surface area contributed by atoms with E-state index < -0.39 is 23.4 Å². The van der Waals surface area contributed by atoms with Gasteiger partial charge in [-0.2, -0.15) is 9.78 Å². The number of thiophene rings is 1. The van der Waals surface area contributed by atoms with Gasteiger partial charge in [-0.1, -0.05) is 17.7 Å². The number of nitrogens with one attached hydrogen (secondary N) is 1. The molecule has 3 rings (SSSR count). The zero-order valence-electron chi connectivity index (χ0n) is 15.9. The van der Waals surface area contributed by atoms with E-state index in [-0.39, 0.29) is 34.7 Å². The standard InChI is InChI=1S/C19H16ClN3O6S/c1-3-28-18(26)14-12-9-30-16(21-15(24)19(27)29-4-2)13(12)17(25)23(22-14)11-7-5-6-10(20)8-11/h5-9H,3-4H2,1-2H3,(H,21,24). The molecular weight excluding hydrogens is 434 g/mol. The Kier molecular flexibility index (Phi) is 6.48. The lowest BCUT2D eigenvalue weighted by Crippen LogP contribution is -2.27. The number of fused-ring (bicyclic) bond motifs is 1. The van der Waals surface area contributed by atoms with Gasteiger partial charge >= 0.3 is 17.8 Å². The molecule has 0 saturated carbocycles. The van der Waals surface area contributed by atoms with E-state index in [0.29, 0.717) is 10.7 Å². The zero-order chi connectivity index (χ0) is 21.8. The van der Waals surface area contributed by atoms with Gasteiger partial charge in [0.2, 0.25) is 0 Å². The third-order valence-corrected chi connectivity index (χ3v) is 4.99. The van der Waals surface area contributed by atoms with Crippen LogP contribution < -0.4 is 10.9 Å². The molecule has 156 valence electrons. The summed E-state index contributed by atoms with van der Waals surface area (Å²) >= 11 is 6.99. The predicted molar refractivity (Wildman–Crippen MR) is 111 cm³/mol. The second-order valence-electron chi connectivity index (χ2n) is 5.79. The second kappa shape index (κ2) is 9.06. The van der Waals surface area contributed by atoms with Crippen molar-refractivity contribution in [1.82, 2.24) is 9.78 Å². The maximum Gasteiger partial charge on any atom is 0.397 e. The molecule has 0 spiro atoms. The molecule has 11 heteroatoms. The first-order chi connectivity index (χ1) is 14.4. The fourth-order valence-electron chi connectivity index (χ4n) is 2.63. The number of carbonyl (C=O) groups excluding carboxylic acids is 3. The molecule has 2 heterocycles. The van der Waals surface area contributed by atoms with E-state index in [4.69, 9.17) is 16.3 Å². The van der Waals surface area contributed by atoms with Gasteiger partial charge in [-0.15, -0.1) is 11.3 Å². The Morgan fingerprint density at radius 3 is 2.60 bits per heavy atom. The summed E-state index contributed by atoms with van der Waals surface area (Å²) in [5, 5.41) is 8.66.